The fourth-order valence-electron chi connectivity index (χ4n) is 5.00. The zero-order valence-electron chi connectivity index (χ0n) is 16.7. The minimum Gasteiger partial charge on any atom is -0.405 e. The number of hydrogen-bond donors (Lipinski definition) is 1. The van der Waals surface area contributed by atoms with Crippen LogP contribution in [0.25, 0.3) is 38.4 Å². The summed E-state index contributed by atoms with van der Waals surface area (Å²) in [6.07, 6.45) is 8.65. The predicted octanol–water partition coefficient (Wildman–Crippen LogP) is 6.76. The van der Waals surface area contributed by atoms with Gasteiger partial charge in [0.25, 0.3) is 0 Å². The third kappa shape index (κ3) is 2.44. The Morgan fingerprint density at radius 1 is 0.700 bits per heavy atom. The molecule has 0 atom stereocenters. The first-order chi connectivity index (χ1) is 14.8. The number of anilines is 2. The van der Waals surface area contributed by atoms with Crippen LogP contribution in [0.2, 0.25) is 0 Å². The van der Waals surface area contributed by atoms with Gasteiger partial charge in [0.05, 0.1) is 0 Å². The van der Waals surface area contributed by atoms with Crippen LogP contribution in [0.3, 0.4) is 0 Å². The smallest absolute Gasteiger partial charge is 0.0491 e. The van der Waals surface area contributed by atoms with E-state index in [1.807, 2.05) is 12.2 Å². The Labute approximate surface area is 175 Å². The first-order valence-corrected chi connectivity index (χ1v) is 10.5. The van der Waals surface area contributed by atoms with Crippen molar-refractivity contribution in [1.82, 2.24) is 0 Å². The lowest BCUT2D eigenvalue weighted by Gasteiger charge is -2.23. The molecule has 30 heavy (non-hydrogen) atoms. The Morgan fingerprint density at radius 3 is 2.30 bits per heavy atom. The highest BCUT2D eigenvalue weighted by Crippen LogP contribution is 2.43. The molecule has 1 aliphatic rings. The normalized spacial score (nSPS) is 14.2. The molecule has 6 rings (SSSR count). The lowest BCUT2D eigenvalue weighted by Crippen LogP contribution is -2.13. The highest BCUT2D eigenvalue weighted by molar-refractivity contribution is 6.26. The number of allylic oxidation sites excluding steroid dienone is 2. The number of rotatable bonds is 3. The van der Waals surface area contributed by atoms with Gasteiger partial charge < -0.3 is 10.6 Å². The average Bonchev–Trinajstić information content (AvgIpc) is 3.22. The van der Waals surface area contributed by atoms with Crippen molar-refractivity contribution in [3.05, 3.63) is 102 Å². The molecule has 1 heterocycles. The highest BCUT2D eigenvalue weighted by atomic mass is 15.2. The first kappa shape index (κ1) is 17.1. The second-order valence-corrected chi connectivity index (χ2v) is 7.94. The van der Waals surface area contributed by atoms with Crippen molar-refractivity contribution in [2.45, 2.75) is 6.42 Å². The topological polar surface area (TPSA) is 29.3 Å². The zero-order valence-corrected chi connectivity index (χ0v) is 16.7. The Balaban J connectivity index is 1.64. The summed E-state index contributed by atoms with van der Waals surface area (Å²) in [6.45, 7) is 1.03. The van der Waals surface area contributed by atoms with E-state index in [2.05, 4.69) is 83.8 Å². The molecule has 0 unspecified atom stereocenters. The van der Waals surface area contributed by atoms with Crippen LogP contribution in [-0.2, 0) is 6.42 Å². The molecule has 0 saturated carbocycles. The standard InChI is InChI=1S/C28H22N2/c29-17-4-3-5-19-8-9-21-11-14-24-26(30-18-16-20-6-1-2-7-25(20)30)15-12-22-10-13-23(19)27(21)28(22)24/h1-15,17H,16,18,29H2/b5-3?,17-4-. The van der Waals surface area contributed by atoms with Gasteiger partial charge in [0.1, 0.15) is 0 Å². The molecule has 2 N–H and O–H groups in total. The van der Waals surface area contributed by atoms with Crippen molar-refractivity contribution >= 4 is 49.8 Å². The van der Waals surface area contributed by atoms with Gasteiger partial charge in [-0.3, -0.25) is 0 Å². The largest absolute Gasteiger partial charge is 0.405 e. The summed E-state index contributed by atoms with van der Waals surface area (Å²) in [7, 11) is 0. The number of benzene rings is 5. The molecule has 0 saturated heterocycles. The van der Waals surface area contributed by atoms with E-state index in [0.29, 0.717) is 0 Å². The third-order valence-electron chi connectivity index (χ3n) is 6.35. The van der Waals surface area contributed by atoms with Crippen molar-refractivity contribution in [2.75, 3.05) is 11.4 Å². The van der Waals surface area contributed by atoms with Crippen LogP contribution in [0.15, 0.2) is 91.1 Å². The monoisotopic (exact) mass is 386 g/mol. The van der Waals surface area contributed by atoms with Gasteiger partial charge in [0.2, 0.25) is 0 Å². The molecule has 0 bridgehead atoms. The molecule has 0 fully saturated rings. The van der Waals surface area contributed by atoms with Crippen LogP contribution in [0, 0.1) is 0 Å². The van der Waals surface area contributed by atoms with Crippen LogP contribution >= 0.6 is 0 Å². The number of fused-ring (bicyclic) bond motifs is 1. The number of nitrogens with zero attached hydrogens (tertiary/aromatic N) is 1. The van der Waals surface area contributed by atoms with E-state index >= 15 is 0 Å². The Bertz CT molecular complexity index is 1460. The molecule has 2 nitrogen and oxygen atoms in total. The van der Waals surface area contributed by atoms with Gasteiger partial charge in [-0.25, -0.2) is 0 Å². The van der Waals surface area contributed by atoms with Crippen LogP contribution in [-0.4, -0.2) is 6.54 Å². The van der Waals surface area contributed by atoms with Gasteiger partial charge in [-0.2, -0.15) is 0 Å². The summed E-state index contributed by atoms with van der Waals surface area (Å²) in [5, 5.41) is 7.89. The third-order valence-corrected chi connectivity index (χ3v) is 6.35. The van der Waals surface area contributed by atoms with Crippen LogP contribution in [0.5, 0.6) is 0 Å². The van der Waals surface area contributed by atoms with E-state index in [1.54, 1.807) is 6.20 Å². The molecule has 1 aliphatic heterocycles. The van der Waals surface area contributed by atoms with Gasteiger partial charge in [0.15, 0.2) is 0 Å². The summed E-state index contributed by atoms with van der Waals surface area (Å²) in [5.41, 5.74) is 10.8. The van der Waals surface area contributed by atoms with E-state index in [1.165, 1.54) is 54.8 Å². The summed E-state index contributed by atoms with van der Waals surface area (Å²) >= 11 is 0. The van der Waals surface area contributed by atoms with Gasteiger partial charge >= 0.3 is 0 Å². The second-order valence-electron chi connectivity index (χ2n) is 7.94. The summed E-state index contributed by atoms with van der Waals surface area (Å²) in [5.74, 6) is 0. The molecule has 0 aliphatic carbocycles. The SMILES string of the molecule is N/C=C\C=Cc1ccc2ccc3c(N4CCc5ccccc54)ccc4ccc1c2c43. The van der Waals surface area contributed by atoms with Gasteiger partial charge in [-0.05, 0) is 68.9 Å². The van der Waals surface area contributed by atoms with Crippen molar-refractivity contribution in [2.24, 2.45) is 5.73 Å². The van der Waals surface area contributed by atoms with Gasteiger partial charge in [-0.1, -0.05) is 72.8 Å². The molecule has 5 aromatic rings. The van der Waals surface area contributed by atoms with Crippen LogP contribution in [0.1, 0.15) is 11.1 Å². The average molecular weight is 386 g/mol. The first-order valence-electron chi connectivity index (χ1n) is 10.5. The van der Waals surface area contributed by atoms with E-state index in [0.717, 1.165) is 13.0 Å². The van der Waals surface area contributed by atoms with Gasteiger partial charge in [-0.15, -0.1) is 0 Å². The Hall–Kier alpha value is -3.78. The summed E-state index contributed by atoms with van der Waals surface area (Å²) in [6, 6.07) is 26.8. The quantitative estimate of drug-likeness (QED) is 0.274. The second kappa shape index (κ2) is 6.64. The number of para-hydroxylation sites is 1. The Morgan fingerprint density at radius 2 is 1.43 bits per heavy atom. The van der Waals surface area contributed by atoms with Crippen LogP contribution < -0.4 is 10.6 Å². The molecule has 0 radical (unpaired) electrons. The minimum atomic E-state index is 1.03. The fourth-order valence-corrected chi connectivity index (χ4v) is 5.00. The molecule has 0 spiro atoms. The molecule has 0 aromatic heterocycles. The summed E-state index contributed by atoms with van der Waals surface area (Å²) < 4.78 is 0. The van der Waals surface area contributed by atoms with E-state index < -0.39 is 0 Å². The minimum absolute atomic E-state index is 1.03. The number of nitrogens with two attached hydrogens (primary N) is 1. The van der Waals surface area contributed by atoms with Crippen molar-refractivity contribution in [1.29, 1.82) is 0 Å². The van der Waals surface area contributed by atoms with E-state index in [9.17, 15) is 0 Å². The van der Waals surface area contributed by atoms with E-state index in [-0.39, 0.29) is 0 Å². The lowest BCUT2D eigenvalue weighted by molar-refractivity contribution is 1.00. The highest BCUT2D eigenvalue weighted by Gasteiger charge is 2.22. The zero-order chi connectivity index (χ0) is 20.1. The maximum absolute atomic E-state index is 5.50. The summed E-state index contributed by atoms with van der Waals surface area (Å²) in [4.78, 5) is 2.48. The molecule has 0 amide bonds. The predicted molar refractivity (Wildman–Crippen MR) is 130 cm³/mol. The van der Waals surface area contributed by atoms with Crippen molar-refractivity contribution in [3.63, 3.8) is 0 Å². The van der Waals surface area contributed by atoms with Crippen molar-refractivity contribution in [3.8, 4) is 0 Å². The molecule has 144 valence electrons. The van der Waals surface area contributed by atoms with Crippen molar-refractivity contribution < 1.29 is 0 Å². The molecular weight excluding hydrogens is 364 g/mol. The maximum Gasteiger partial charge on any atom is 0.0491 e. The Kier molecular flexibility index (Phi) is 3.78. The van der Waals surface area contributed by atoms with Crippen LogP contribution in [0.4, 0.5) is 11.4 Å². The fraction of sp³-hybridized carbons (Fsp3) is 0.0714. The maximum atomic E-state index is 5.50. The number of hydrogen-bond acceptors (Lipinski definition) is 2. The lowest BCUT2D eigenvalue weighted by atomic mass is 9.91. The van der Waals surface area contributed by atoms with Gasteiger partial charge in [0, 0.05) is 23.3 Å². The van der Waals surface area contributed by atoms with E-state index in [4.69, 9.17) is 5.73 Å². The molecule has 5 aromatic carbocycles. The molecular formula is C28H22N2. The molecule has 2 heteroatoms.